The van der Waals surface area contributed by atoms with E-state index < -0.39 is 12.0 Å². The molecule has 2 atom stereocenters. The van der Waals surface area contributed by atoms with Crippen LogP contribution in [0.5, 0.6) is 5.75 Å². The number of ether oxygens (including phenoxy) is 1. The molecule has 2 aromatic rings. The summed E-state index contributed by atoms with van der Waals surface area (Å²) in [6.45, 7) is 0.774. The molecular formula is C19H22N2O3. The molecule has 0 saturated carbocycles. The van der Waals surface area contributed by atoms with Gasteiger partial charge in [0.2, 0.25) is 0 Å². The Kier molecular flexibility index (Phi) is 5.11. The minimum Gasteiger partial charge on any atom is -0.497 e. The zero-order chi connectivity index (χ0) is 16.9. The van der Waals surface area contributed by atoms with E-state index in [0.717, 1.165) is 36.3 Å². The Morgan fingerprint density at radius 2 is 1.83 bits per heavy atom. The van der Waals surface area contributed by atoms with Crippen molar-refractivity contribution >= 4 is 5.97 Å². The number of methoxy groups -OCH3 is 1. The Morgan fingerprint density at radius 3 is 2.46 bits per heavy atom. The maximum absolute atomic E-state index is 11.8. The monoisotopic (exact) mass is 326 g/mol. The first-order valence-corrected chi connectivity index (χ1v) is 8.23. The van der Waals surface area contributed by atoms with Gasteiger partial charge in [0.15, 0.2) is 0 Å². The third-order valence-electron chi connectivity index (χ3n) is 4.61. The van der Waals surface area contributed by atoms with Crippen molar-refractivity contribution in [2.75, 3.05) is 13.7 Å². The van der Waals surface area contributed by atoms with E-state index in [1.54, 1.807) is 19.5 Å². The van der Waals surface area contributed by atoms with E-state index in [1.807, 2.05) is 36.4 Å². The topological polar surface area (TPSA) is 62.7 Å². The summed E-state index contributed by atoms with van der Waals surface area (Å²) in [5, 5.41) is 9.66. The number of nitrogens with zero attached hydrogens (tertiary/aromatic N) is 2. The summed E-state index contributed by atoms with van der Waals surface area (Å²) in [6.07, 6.45) is 6.17. The average molecular weight is 326 g/mol. The van der Waals surface area contributed by atoms with Gasteiger partial charge >= 0.3 is 5.97 Å². The molecule has 0 radical (unpaired) electrons. The number of pyridine rings is 1. The van der Waals surface area contributed by atoms with Gasteiger partial charge in [-0.15, -0.1) is 0 Å². The van der Waals surface area contributed by atoms with Crippen molar-refractivity contribution in [2.24, 2.45) is 0 Å². The molecule has 1 aromatic carbocycles. The van der Waals surface area contributed by atoms with Crippen molar-refractivity contribution in [3.05, 3.63) is 59.9 Å². The van der Waals surface area contributed by atoms with Crippen LogP contribution in [0.4, 0.5) is 0 Å². The first kappa shape index (κ1) is 16.5. The lowest BCUT2D eigenvalue weighted by Crippen LogP contribution is -2.46. The smallest absolute Gasteiger partial charge is 0.320 e. The van der Waals surface area contributed by atoms with Crippen LogP contribution in [0.3, 0.4) is 0 Å². The fourth-order valence-electron chi connectivity index (χ4n) is 3.44. The second-order valence-corrected chi connectivity index (χ2v) is 6.04. The highest BCUT2D eigenvalue weighted by Gasteiger charge is 2.35. The molecule has 1 N–H and O–H groups in total. The minimum absolute atomic E-state index is 0.0969. The number of rotatable bonds is 5. The summed E-state index contributed by atoms with van der Waals surface area (Å²) in [4.78, 5) is 18.0. The van der Waals surface area contributed by atoms with Crippen LogP contribution < -0.4 is 4.74 Å². The maximum atomic E-state index is 11.8. The van der Waals surface area contributed by atoms with E-state index >= 15 is 0 Å². The first-order valence-electron chi connectivity index (χ1n) is 8.23. The van der Waals surface area contributed by atoms with Crippen LogP contribution in [0.15, 0.2) is 48.8 Å². The van der Waals surface area contributed by atoms with Gasteiger partial charge in [0, 0.05) is 12.4 Å². The lowest BCUT2D eigenvalue weighted by molar-refractivity contribution is -0.145. The van der Waals surface area contributed by atoms with Crippen molar-refractivity contribution in [1.82, 2.24) is 9.88 Å². The summed E-state index contributed by atoms with van der Waals surface area (Å²) in [7, 11) is 1.64. The van der Waals surface area contributed by atoms with Crippen molar-refractivity contribution < 1.29 is 14.6 Å². The minimum atomic E-state index is -0.748. The summed E-state index contributed by atoms with van der Waals surface area (Å²) in [5.74, 6) is 0.0444. The van der Waals surface area contributed by atoms with Gasteiger partial charge in [-0.1, -0.05) is 18.6 Å². The standard InChI is InChI=1S/C19H22N2O3/c1-24-16-7-5-14(6-8-16)18(15-9-11-20-12-10-15)21-13-3-2-4-17(21)19(22)23/h5-12,17-18H,2-4,13H2,1H3,(H,22,23). The number of hydrogen-bond donors (Lipinski definition) is 1. The molecule has 1 saturated heterocycles. The van der Waals surface area contributed by atoms with Crippen molar-refractivity contribution in [2.45, 2.75) is 31.3 Å². The van der Waals surface area contributed by atoms with Gasteiger partial charge in [-0.3, -0.25) is 14.7 Å². The summed E-state index contributed by atoms with van der Waals surface area (Å²) in [6, 6.07) is 11.2. The molecule has 0 amide bonds. The fraction of sp³-hybridized carbons (Fsp3) is 0.368. The summed E-state index contributed by atoms with van der Waals surface area (Å²) >= 11 is 0. The second kappa shape index (κ2) is 7.45. The van der Waals surface area contributed by atoms with Gasteiger partial charge in [-0.05, 0) is 54.8 Å². The molecule has 1 fully saturated rings. The summed E-state index contributed by atoms with van der Waals surface area (Å²) in [5.41, 5.74) is 2.12. The molecule has 24 heavy (non-hydrogen) atoms. The molecule has 1 aliphatic rings. The highest BCUT2D eigenvalue weighted by Crippen LogP contribution is 2.34. The van der Waals surface area contributed by atoms with Crippen LogP contribution >= 0.6 is 0 Å². The molecule has 2 heterocycles. The summed E-state index contributed by atoms with van der Waals surface area (Å²) < 4.78 is 5.24. The number of aromatic nitrogens is 1. The van der Waals surface area contributed by atoms with Crippen LogP contribution in [-0.2, 0) is 4.79 Å². The van der Waals surface area contributed by atoms with Gasteiger partial charge in [-0.25, -0.2) is 0 Å². The van der Waals surface area contributed by atoms with Crippen LogP contribution in [-0.4, -0.2) is 40.7 Å². The lowest BCUT2D eigenvalue weighted by atomic mass is 9.92. The largest absolute Gasteiger partial charge is 0.497 e. The average Bonchev–Trinajstić information content (AvgIpc) is 2.64. The molecule has 5 nitrogen and oxygen atoms in total. The zero-order valence-corrected chi connectivity index (χ0v) is 13.8. The van der Waals surface area contributed by atoms with E-state index in [2.05, 4.69) is 9.88 Å². The number of piperidine rings is 1. The Hall–Kier alpha value is -2.40. The first-order chi connectivity index (χ1) is 11.7. The Balaban J connectivity index is 2.02. The molecule has 1 aromatic heterocycles. The molecule has 1 aliphatic heterocycles. The number of carboxylic acid groups (broad SMARTS) is 1. The predicted molar refractivity (Wildman–Crippen MR) is 91.1 cm³/mol. The van der Waals surface area contributed by atoms with Crippen LogP contribution in [0, 0.1) is 0 Å². The molecule has 0 bridgehead atoms. The number of hydrogen-bond acceptors (Lipinski definition) is 4. The highest BCUT2D eigenvalue weighted by atomic mass is 16.5. The fourth-order valence-corrected chi connectivity index (χ4v) is 3.44. The predicted octanol–water partition coefficient (Wildman–Crippen LogP) is 3.12. The number of carboxylic acids is 1. The van der Waals surface area contributed by atoms with Crippen LogP contribution in [0.2, 0.25) is 0 Å². The Labute approximate surface area is 141 Å². The zero-order valence-electron chi connectivity index (χ0n) is 13.8. The van der Waals surface area contributed by atoms with E-state index in [1.165, 1.54) is 0 Å². The molecule has 3 rings (SSSR count). The number of likely N-dealkylation sites (tertiary alicyclic amines) is 1. The number of carbonyl (C=O) groups is 1. The van der Waals surface area contributed by atoms with E-state index in [9.17, 15) is 9.90 Å². The maximum Gasteiger partial charge on any atom is 0.320 e. The normalized spacial score (nSPS) is 19.6. The molecule has 5 heteroatoms. The molecule has 0 aliphatic carbocycles. The van der Waals surface area contributed by atoms with Gasteiger partial charge in [-0.2, -0.15) is 0 Å². The van der Waals surface area contributed by atoms with E-state index in [0.29, 0.717) is 6.42 Å². The van der Waals surface area contributed by atoms with Gasteiger partial charge in [0.1, 0.15) is 11.8 Å². The molecular weight excluding hydrogens is 304 g/mol. The van der Waals surface area contributed by atoms with Crippen molar-refractivity contribution in [3.8, 4) is 5.75 Å². The number of benzene rings is 1. The molecule has 0 spiro atoms. The van der Waals surface area contributed by atoms with Gasteiger partial charge in [0.25, 0.3) is 0 Å². The highest BCUT2D eigenvalue weighted by molar-refractivity contribution is 5.73. The Bertz CT molecular complexity index is 673. The lowest BCUT2D eigenvalue weighted by Gasteiger charge is -2.39. The van der Waals surface area contributed by atoms with Crippen LogP contribution in [0.25, 0.3) is 0 Å². The van der Waals surface area contributed by atoms with E-state index in [-0.39, 0.29) is 6.04 Å². The third kappa shape index (κ3) is 3.41. The quantitative estimate of drug-likeness (QED) is 0.914. The second-order valence-electron chi connectivity index (χ2n) is 6.04. The molecule has 126 valence electrons. The van der Waals surface area contributed by atoms with Crippen LogP contribution in [0.1, 0.15) is 36.4 Å². The SMILES string of the molecule is COc1ccc(C(c2ccncc2)N2CCCCC2C(=O)O)cc1. The van der Waals surface area contributed by atoms with Crippen molar-refractivity contribution in [3.63, 3.8) is 0 Å². The Morgan fingerprint density at radius 1 is 1.17 bits per heavy atom. The molecule has 2 unspecified atom stereocenters. The van der Waals surface area contributed by atoms with Gasteiger partial charge < -0.3 is 9.84 Å². The van der Waals surface area contributed by atoms with Gasteiger partial charge in [0.05, 0.1) is 13.2 Å². The number of aliphatic carboxylic acids is 1. The van der Waals surface area contributed by atoms with E-state index in [4.69, 9.17) is 4.74 Å². The van der Waals surface area contributed by atoms with Crippen molar-refractivity contribution in [1.29, 1.82) is 0 Å². The third-order valence-corrected chi connectivity index (χ3v) is 4.61.